The maximum Gasteiger partial charge on any atom is 0.256 e. The molecule has 0 spiro atoms. The van der Waals surface area contributed by atoms with Gasteiger partial charge in [-0.1, -0.05) is 18.2 Å². The number of nitrogens with zero attached hydrogens (tertiary/aromatic N) is 3. The quantitative estimate of drug-likeness (QED) is 0.497. The summed E-state index contributed by atoms with van der Waals surface area (Å²) in [7, 11) is 0. The van der Waals surface area contributed by atoms with Gasteiger partial charge in [-0.2, -0.15) is 0 Å². The fourth-order valence-corrected chi connectivity index (χ4v) is 3.81. The largest absolute Gasteiger partial charge is 0.322 e. The molecule has 6 heteroatoms. The van der Waals surface area contributed by atoms with Crippen LogP contribution >= 0.6 is 11.8 Å². The van der Waals surface area contributed by atoms with Crippen molar-refractivity contribution in [3.05, 3.63) is 83.8 Å². The number of rotatable bonds is 4. The van der Waals surface area contributed by atoms with E-state index in [4.69, 9.17) is 0 Å². The van der Waals surface area contributed by atoms with Crippen LogP contribution in [0.2, 0.25) is 0 Å². The van der Waals surface area contributed by atoms with E-state index in [1.807, 2.05) is 68.4 Å². The van der Waals surface area contributed by atoms with Gasteiger partial charge in [0.1, 0.15) is 0 Å². The molecule has 0 radical (unpaired) electrons. The van der Waals surface area contributed by atoms with Gasteiger partial charge in [0.15, 0.2) is 5.16 Å². The van der Waals surface area contributed by atoms with E-state index >= 15 is 0 Å². The van der Waals surface area contributed by atoms with E-state index in [9.17, 15) is 4.79 Å². The number of hydrogen-bond donors (Lipinski definition) is 1. The molecule has 4 aromatic rings. The van der Waals surface area contributed by atoms with Crippen LogP contribution in [-0.4, -0.2) is 20.9 Å². The first-order valence-corrected chi connectivity index (χ1v) is 9.65. The third-order valence-electron chi connectivity index (χ3n) is 4.18. The maximum atomic E-state index is 12.7. The molecule has 0 aliphatic rings. The lowest BCUT2D eigenvalue weighted by molar-refractivity contribution is 0.102. The van der Waals surface area contributed by atoms with Crippen molar-refractivity contribution < 1.29 is 4.79 Å². The number of anilines is 1. The first-order valence-electron chi connectivity index (χ1n) is 8.84. The highest BCUT2D eigenvalue weighted by Crippen LogP contribution is 2.26. The molecule has 2 aromatic carbocycles. The molecule has 0 saturated carbocycles. The Morgan fingerprint density at radius 1 is 0.929 bits per heavy atom. The molecule has 0 fully saturated rings. The number of para-hydroxylation sites is 1. The summed E-state index contributed by atoms with van der Waals surface area (Å²) in [6.45, 7) is 3.92. The Morgan fingerprint density at radius 3 is 2.39 bits per heavy atom. The Morgan fingerprint density at radius 2 is 1.64 bits per heavy atom. The minimum Gasteiger partial charge on any atom is -0.322 e. The van der Waals surface area contributed by atoms with Crippen molar-refractivity contribution in [3.63, 3.8) is 0 Å². The molecule has 2 heterocycles. The number of amides is 1. The number of nitrogens with one attached hydrogen (secondary N) is 1. The van der Waals surface area contributed by atoms with Gasteiger partial charge in [-0.3, -0.25) is 9.78 Å². The molecule has 0 atom stereocenters. The molecular formula is C22H18N4OS. The van der Waals surface area contributed by atoms with Gasteiger partial charge in [0.25, 0.3) is 5.91 Å². The van der Waals surface area contributed by atoms with Gasteiger partial charge in [0.05, 0.1) is 11.1 Å². The number of aryl methyl sites for hydroxylation is 2. The zero-order valence-corrected chi connectivity index (χ0v) is 16.3. The van der Waals surface area contributed by atoms with Crippen molar-refractivity contribution in [2.45, 2.75) is 23.9 Å². The fraction of sp³-hybridized carbons (Fsp3) is 0.0909. The molecule has 1 N–H and O–H groups in total. The summed E-state index contributed by atoms with van der Waals surface area (Å²) in [6, 6.07) is 19.0. The van der Waals surface area contributed by atoms with Crippen molar-refractivity contribution >= 4 is 34.3 Å². The number of carbonyl (C=O) groups excluding carboxylic acids is 1. The Hall–Kier alpha value is -3.25. The summed E-state index contributed by atoms with van der Waals surface area (Å²) in [5.41, 5.74) is 4.03. The monoisotopic (exact) mass is 386 g/mol. The van der Waals surface area contributed by atoms with E-state index in [-0.39, 0.29) is 5.91 Å². The molecule has 5 nitrogen and oxygen atoms in total. The third-order valence-corrected chi connectivity index (χ3v) is 5.05. The van der Waals surface area contributed by atoms with Crippen LogP contribution in [0.25, 0.3) is 10.9 Å². The van der Waals surface area contributed by atoms with Crippen LogP contribution in [0.3, 0.4) is 0 Å². The normalized spacial score (nSPS) is 10.8. The molecule has 0 saturated heterocycles. The Balaban J connectivity index is 1.50. The van der Waals surface area contributed by atoms with Crippen molar-refractivity contribution in [2.75, 3.05) is 5.32 Å². The van der Waals surface area contributed by atoms with Crippen LogP contribution < -0.4 is 5.32 Å². The summed E-state index contributed by atoms with van der Waals surface area (Å²) < 4.78 is 0. The standard InChI is InChI=1S/C22H18N4OS/c1-14-13-15(2)25-22(24-14)28-17-9-7-16(8-10-17)26-21(27)19-11-12-23-20-6-4-3-5-18(19)20/h3-13H,1-2H3,(H,26,27). The van der Waals surface area contributed by atoms with Gasteiger partial charge >= 0.3 is 0 Å². The van der Waals surface area contributed by atoms with Crippen molar-refractivity contribution in [1.82, 2.24) is 15.0 Å². The van der Waals surface area contributed by atoms with Gasteiger partial charge < -0.3 is 5.32 Å². The second-order valence-electron chi connectivity index (χ2n) is 6.39. The number of hydrogen-bond acceptors (Lipinski definition) is 5. The topological polar surface area (TPSA) is 67.8 Å². The zero-order chi connectivity index (χ0) is 19.5. The van der Waals surface area contributed by atoms with Crippen LogP contribution in [0.5, 0.6) is 0 Å². The first-order chi connectivity index (χ1) is 13.6. The minimum absolute atomic E-state index is 0.156. The summed E-state index contributed by atoms with van der Waals surface area (Å²) in [5, 5.41) is 4.51. The highest BCUT2D eigenvalue weighted by molar-refractivity contribution is 7.99. The summed E-state index contributed by atoms with van der Waals surface area (Å²) in [6.07, 6.45) is 1.65. The fourth-order valence-electron chi connectivity index (χ4n) is 2.94. The highest BCUT2D eigenvalue weighted by Gasteiger charge is 2.11. The van der Waals surface area contributed by atoms with Crippen LogP contribution in [0.1, 0.15) is 21.7 Å². The SMILES string of the molecule is Cc1cc(C)nc(Sc2ccc(NC(=O)c3ccnc4ccccc34)cc2)n1. The second-order valence-corrected chi connectivity index (χ2v) is 7.43. The molecular weight excluding hydrogens is 368 g/mol. The minimum atomic E-state index is -0.156. The van der Waals surface area contributed by atoms with Crippen molar-refractivity contribution in [2.24, 2.45) is 0 Å². The third kappa shape index (κ3) is 4.02. The molecule has 0 aliphatic carbocycles. The number of fused-ring (bicyclic) bond motifs is 1. The van der Waals surface area contributed by atoms with Gasteiger partial charge in [0, 0.05) is 33.6 Å². The Kier molecular flexibility index (Phi) is 5.04. The van der Waals surface area contributed by atoms with Gasteiger partial charge in [0.2, 0.25) is 0 Å². The van der Waals surface area contributed by atoms with Crippen LogP contribution in [0.15, 0.2) is 76.9 Å². The molecule has 0 aliphatic heterocycles. The van der Waals surface area contributed by atoms with E-state index in [0.717, 1.165) is 38.0 Å². The van der Waals surface area contributed by atoms with E-state index in [1.54, 1.807) is 12.3 Å². The maximum absolute atomic E-state index is 12.7. The molecule has 28 heavy (non-hydrogen) atoms. The lowest BCUT2D eigenvalue weighted by Crippen LogP contribution is -2.12. The number of carbonyl (C=O) groups is 1. The van der Waals surface area contributed by atoms with Crippen LogP contribution in [0, 0.1) is 13.8 Å². The number of benzene rings is 2. The summed E-state index contributed by atoms with van der Waals surface area (Å²) >= 11 is 1.50. The lowest BCUT2D eigenvalue weighted by Gasteiger charge is -2.08. The molecule has 0 unspecified atom stereocenters. The lowest BCUT2D eigenvalue weighted by atomic mass is 10.1. The van der Waals surface area contributed by atoms with Gasteiger partial charge in [-0.25, -0.2) is 9.97 Å². The predicted molar refractivity (Wildman–Crippen MR) is 112 cm³/mol. The van der Waals surface area contributed by atoms with Crippen LogP contribution in [-0.2, 0) is 0 Å². The highest BCUT2D eigenvalue weighted by atomic mass is 32.2. The second kappa shape index (κ2) is 7.78. The Labute approximate surface area is 167 Å². The van der Waals surface area contributed by atoms with Gasteiger partial charge in [-0.15, -0.1) is 0 Å². The summed E-state index contributed by atoms with van der Waals surface area (Å²) in [5.74, 6) is -0.156. The molecule has 1 amide bonds. The van der Waals surface area contributed by atoms with Crippen molar-refractivity contribution in [3.8, 4) is 0 Å². The Bertz CT molecular complexity index is 1130. The number of aromatic nitrogens is 3. The van der Waals surface area contributed by atoms with Crippen molar-refractivity contribution in [1.29, 1.82) is 0 Å². The molecule has 138 valence electrons. The molecule has 2 aromatic heterocycles. The number of pyridine rings is 1. The van der Waals surface area contributed by atoms with Gasteiger partial charge in [-0.05, 0) is 68.1 Å². The van der Waals surface area contributed by atoms with E-state index in [1.165, 1.54) is 11.8 Å². The van der Waals surface area contributed by atoms with E-state index in [2.05, 4.69) is 20.3 Å². The molecule has 4 rings (SSSR count). The van der Waals surface area contributed by atoms with E-state index < -0.39 is 0 Å². The average Bonchev–Trinajstić information content (AvgIpc) is 2.68. The first kappa shape index (κ1) is 18.1. The van der Waals surface area contributed by atoms with Crippen LogP contribution in [0.4, 0.5) is 5.69 Å². The smallest absolute Gasteiger partial charge is 0.256 e. The summed E-state index contributed by atoms with van der Waals surface area (Å²) in [4.78, 5) is 26.9. The average molecular weight is 386 g/mol. The van der Waals surface area contributed by atoms with E-state index in [0.29, 0.717) is 5.56 Å². The zero-order valence-electron chi connectivity index (χ0n) is 15.5. The predicted octanol–water partition coefficient (Wildman–Crippen LogP) is 5.05. The molecule has 0 bridgehead atoms.